The number of nitrogens with one attached hydrogen (secondary N) is 2. The van der Waals surface area contributed by atoms with Crippen LogP contribution in [0.15, 0.2) is 6.07 Å². The average molecular weight is 283 g/mol. The van der Waals surface area contributed by atoms with E-state index in [1.54, 1.807) is 7.05 Å². The highest BCUT2D eigenvalue weighted by atomic mass is 19.1. The average Bonchev–Trinajstić information content (AvgIpc) is 2.47. The summed E-state index contributed by atoms with van der Waals surface area (Å²) in [6.45, 7) is 2.09. The highest BCUT2D eigenvalue weighted by Gasteiger charge is 2.24. The molecule has 2 rings (SSSR count). The fourth-order valence-corrected chi connectivity index (χ4v) is 3.01. The van der Waals surface area contributed by atoms with E-state index in [1.165, 1.54) is 32.1 Å². The molecule has 1 heterocycles. The number of hydrogen-bond acceptors (Lipinski definition) is 3. The molecule has 0 radical (unpaired) electrons. The van der Waals surface area contributed by atoms with E-state index in [4.69, 9.17) is 0 Å². The zero-order valence-electron chi connectivity index (χ0n) is 12.2. The van der Waals surface area contributed by atoms with Crippen molar-refractivity contribution < 1.29 is 8.78 Å². The van der Waals surface area contributed by atoms with E-state index < -0.39 is 11.6 Å². The molecule has 1 saturated carbocycles. The smallest absolute Gasteiger partial charge is 0.168 e. The predicted molar refractivity (Wildman–Crippen MR) is 78.0 cm³/mol. The lowest BCUT2D eigenvalue weighted by Crippen LogP contribution is -2.31. The maximum Gasteiger partial charge on any atom is 0.168 e. The summed E-state index contributed by atoms with van der Waals surface area (Å²) in [5, 5.41) is 5.82. The second-order valence-electron chi connectivity index (χ2n) is 5.46. The highest BCUT2D eigenvalue weighted by Crippen LogP contribution is 2.30. The zero-order chi connectivity index (χ0) is 14.5. The van der Waals surface area contributed by atoms with Gasteiger partial charge in [-0.15, -0.1) is 0 Å². The van der Waals surface area contributed by atoms with Crippen LogP contribution in [0, 0.1) is 17.6 Å². The molecule has 5 heteroatoms. The topological polar surface area (TPSA) is 37.0 Å². The van der Waals surface area contributed by atoms with Crippen LogP contribution in [0.25, 0.3) is 0 Å². The Balaban J connectivity index is 2.14. The van der Waals surface area contributed by atoms with Gasteiger partial charge in [-0.05, 0) is 25.2 Å². The molecule has 0 amide bonds. The van der Waals surface area contributed by atoms with E-state index in [9.17, 15) is 8.78 Å². The van der Waals surface area contributed by atoms with Crippen LogP contribution in [0.2, 0.25) is 0 Å². The molecule has 20 heavy (non-hydrogen) atoms. The number of halogens is 2. The third kappa shape index (κ3) is 3.38. The molecule has 0 saturated heterocycles. The number of aromatic nitrogens is 1. The Hall–Kier alpha value is -1.39. The van der Waals surface area contributed by atoms with Crippen LogP contribution in [0.5, 0.6) is 0 Å². The van der Waals surface area contributed by atoms with Crippen molar-refractivity contribution in [3.8, 4) is 0 Å². The standard InChI is InChI=1S/C15H23F2N3/c1-3-13(10-7-5-4-6-8-10)19-15-12(17)9-11(16)14(18-2)20-15/h9-10,13H,3-8H2,1-2H3,(H2,18,19,20). The van der Waals surface area contributed by atoms with Gasteiger partial charge in [0, 0.05) is 19.2 Å². The molecule has 0 bridgehead atoms. The predicted octanol–water partition coefficient (Wildman–Crippen LogP) is 4.17. The first-order valence-corrected chi connectivity index (χ1v) is 7.46. The van der Waals surface area contributed by atoms with Crippen molar-refractivity contribution in [3.63, 3.8) is 0 Å². The summed E-state index contributed by atoms with van der Waals surface area (Å²) in [5.74, 6) is -0.518. The van der Waals surface area contributed by atoms with Crippen LogP contribution >= 0.6 is 0 Å². The van der Waals surface area contributed by atoms with Crippen molar-refractivity contribution in [2.24, 2.45) is 5.92 Å². The van der Waals surface area contributed by atoms with Gasteiger partial charge in [0.25, 0.3) is 0 Å². The molecule has 1 atom stereocenters. The second-order valence-corrected chi connectivity index (χ2v) is 5.46. The lowest BCUT2D eigenvalue weighted by atomic mass is 9.83. The van der Waals surface area contributed by atoms with Gasteiger partial charge in [0.1, 0.15) is 0 Å². The molecule has 1 aromatic heterocycles. The summed E-state index contributed by atoms with van der Waals surface area (Å²) >= 11 is 0. The van der Waals surface area contributed by atoms with Crippen LogP contribution in [0.1, 0.15) is 45.4 Å². The normalized spacial score (nSPS) is 17.8. The Morgan fingerprint density at radius 3 is 2.45 bits per heavy atom. The van der Waals surface area contributed by atoms with Crippen LogP contribution in [0.4, 0.5) is 20.4 Å². The monoisotopic (exact) mass is 283 g/mol. The van der Waals surface area contributed by atoms with Crippen molar-refractivity contribution in [1.82, 2.24) is 4.98 Å². The highest BCUT2D eigenvalue weighted by molar-refractivity contribution is 5.47. The SMILES string of the molecule is CCC(Nc1nc(NC)c(F)cc1F)C1CCCCC1. The number of anilines is 2. The molecule has 1 unspecified atom stereocenters. The Labute approximate surface area is 119 Å². The summed E-state index contributed by atoms with van der Waals surface area (Å²) in [7, 11) is 1.57. The van der Waals surface area contributed by atoms with Crippen molar-refractivity contribution in [2.45, 2.75) is 51.5 Å². The third-order valence-corrected chi connectivity index (χ3v) is 4.15. The lowest BCUT2D eigenvalue weighted by Gasteiger charge is -2.30. The Kier molecular flexibility index (Phi) is 5.15. The van der Waals surface area contributed by atoms with Gasteiger partial charge in [-0.3, -0.25) is 0 Å². The van der Waals surface area contributed by atoms with Crippen LogP contribution in [-0.2, 0) is 0 Å². The number of hydrogen-bond donors (Lipinski definition) is 2. The molecule has 112 valence electrons. The van der Waals surface area contributed by atoms with Gasteiger partial charge in [0.05, 0.1) is 0 Å². The first-order chi connectivity index (χ1) is 9.65. The van der Waals surface area contributed by atoms with Crippen molar-refractivity contribution in [2.75, 3.05) is 17.7 Å². The summed E-state index contributed by atoms with van der Waals surface area (Å²) in [4.78, 5) is 4.00. The molecule has 0 aliphatic heterocycles. The van der Waals surface area contributed by atoms with E-state index in [2.05, 4.69) is 22.5 Å². The van der Waals surface area contributed by atoms with Gasteiger partial charge < -0.3 is 10.6 Å². The van der Waals surface area contributed by atoms with Crippen LogP contribution < -0.4 is 10.6 Å². The van der Waals surface area contributed by atoms with Crippen molar-refractivity contribution in [3.05, 3.63) is 17.7 Å². The summed E-state index contributed by atoms with van der Waals surface area (Å²) < 4.78 is 27.2. The van der Waals surface area contributed by atoms with Crippen LogP contribution in [0.3, 0.4) is 0 Å². The molecule has 1 aliphatic carbocycles. The molecule has 2 N–H and O–H groups in total. The van der Waals surface area contributed by atoms with Crippen molar-refractivity contribution >= 4 is 11.6 Å². The minimum Gasteiger partial charge on any atom is -0.371 e. The Bertz CT molecular complexity index is 445. The molecule has 0 spiro atoms. The molecule has 1 fully saturated rings. The Morgan fingerprint density at radius 2 is 1.85 bits per heavy atom. The number of rotatable bonds is 5. The van der Waals surface area contributed by atoms with Crippen LogP contribution in [-0.4, -0.2) is 18.1 Å². The minimum atomic E-state index is -0.665. The number of nitrogens with zero attached hydrogens (tertiary/aromatic N) is 1. The van der Waals surface area contributed by atoms with E-state index in [-0.39, 0.29) is 17.7 Å². The first-order valence-electron chi connectivity index (χ1n) is 7.46. The molecule has 1 aromatic rings. The summed E-state index contributed by atoms with van der Waals surface area (Å²) in [5.41, 5.74) is 0. The quantitative estimate of drug-likeness (QED) is 0.851. The maximum atomic E-state index is 13.8. The van der Waals surface area contributed by atoms with Gasteiger partial charge in [-0.1, -0.05) is 26.2 Å². The molecular weight excluding hydrogens is 260 g/mol. The third-order valence-electron chi connectivity index (χ3n) is 4.15. The maximum absolute atomic E-state index is 13.8. The van der Waals surface area contributed by atoms with Gasteiger partial charge in [0.15, 0.2) is 23.3 Å². The molecular formula is C15H23F2N3. The minimum absolute atomic E-state index is 0.0763. The zero-order valence-corrected chi connectivity index (χ0v) is 12.2. The summed E-state index contributed by atoms with van der Waals surface area (Å²) in [6, 6.07) is 1.09. The van der Waals surface area contributed by atoms with Gasteiger partial charge >= 0.3 is 0 Å². The van der Waals surface area contributed by atoms with E-state index in [1.807, 2.05) is 0 Å². The van der Waals surface area contributed by atoms with Crippen molar-refractivity contribution in [1.29, 1.82) is 0 Å². The van der Waals surface area contributed by atoms with E-state index in [0.29, 0.717) is 5.92 Å². The number of pyridine rings is 1. The largest absolute Gasteiger partial charge is 0.371 e. The first kappa shape index (κ1) is 15.0. The Morgan fingerprint density at radius 1 is 1.20 bits per heavy atom. The fraction of sp³-hybridized carbons (Fsp3) is 0.667. The lowest BCUT2D eigenvalue weighted by molar-refractivity contribution is 0.312. The van der Waals surface area contributed by atoms with Gasteiger partial charge in [-0.25, -0.2) is 13.8 Å². The molecule has 3 nitrogen and oxygen atoms in total. The van der Waals surface area contributed by atoms with Gasteiger partial charge in [0.2, 0.25) is 0 Å². The molecule has 1 aliphatic rings. The van der Waals surface area contributed by atoms with E-state index in [0.717, 1.165) is 12.5 Å². The summed E-state index contributed by atoms with van der Waals surface area (Å²) in [6.07, 6.45) is 7.03. The second kappa shape index (κ2) is 6.86. The molecule has 0 aromatic carbocycles. The van der Waals surface area contributed by atoms with Gasteiger partial charge in [-0.2, -0.15) is 0 Å². The fourth-order valence-electron chi connectivity index (χ4n) is 3.01. The van der Waals surface area contributed by atoms with E-state index >= 15 is 0 Å².